The molecule has 1 fully saturated rings. The summed E-state index contributed by atoms with van der Waals surface area (Å²) in [7, 11) is 0. The summed E-state index contributed by atoms with van der Waals surface area (Å²) in [6.45, 7) is 7.18. The molecule has 1 aliphatic rings. The van der Waals surface area contributed by atoms with Crippen LogP contribution < -0.4 is 5.32 Å². The maximum atomic E-state index is 13.4. The third kappa shape index (κ3) is 4.81. The molecule has 31 heavy (non-hydrogen) atoms. The summed E-state index contributed by atoms with van der Waals surface area (Å²) in [5.74, 6) is 0.179. The van der Waals surface area contributed by atoms with E-state index in [1.807, 2.05) is 13.8 Å². The zero-order valence-electron chi connectivity index (χ0n) is 17.1. The van der Waals surface area contributed by atoms with Gasteiger partial charge in [-0.15, -0.1) is 11.3 Å². The number of benzene rings is 1. The van der Waals surface area contributed by atoms with E-state index in [1.54, 1.807) is 0 Å². The average Bonchev–Trinajstić information content (AvgIpc) is 3.00. The molecule has 0 unspecified atom stereocenters. The first-order valence-electron chi connectivity index (χ1n) is 9.88. The molecule has 0 spiro atoms. The monoisotopic (exact) mass is 454 g/mol. The minimum absolute atomic E-state index is 0.0417. The molecule has 0 aliphatic carbocycles. The molecule has 1 aromatic carbocycles. The van der Waals surface area contributed by atoms with Crippen molar-refractivity contribution in [3.05, 3.63) is 51.4 Å². The molecule has 2 aromatic heterocycles. The fraction of sp³-hybridized carbons (Fsp3) is 0.429. The molecular weight excluding hydrogens is 432 g/mol. The van der Waals surface area contributed by atoms with Gasteiger partial charge in [-0.1, -0.05) is 6.07 Å². The standard InChI is InChI=1S/C21H22F4N4OS/c1-12-13(2)31-20-18(12)19(27-17(28-20)11-29-5-7-30-8-6-29)26-10-14-3-4-15(22)9-16(14)21(23,24)25/h3-4,9H,5-8,10-11H2,1-2H3,(H,26,27,28). The smallest absolute Gasteiger partial charge is 0.379 e. The van der Waals surface area contributed by atoms with Crippen LogP contribution in [0.2, 0.25) is 0 Å². The van der Waals surface area contributed by atoms with Crippen LogP contribution >= 0.6 is 11.3 Å². The van der Waals surface area contributed by atoms with Gasteiger partial charge in [-0.25, -0.2) is 14.4 Å². The van der Waals surface area contributed by atoms with Crippen molar-refractivity contribution in [1.82, 2.24) is 14.9 Å². The number of halogens is 4. The predicted molar refractivity (Wildman–Crippen MR) is 112 cm³/mol. The molecule has 166 valence electrons. The van der Waals surface area contributed by atoms with Crippen molar-refractivity contribution in [2.24, 2.45) is 0 Å². The second kappa shape index (κ2) is 8.68. The highest BCUT2D eigenvalue weighted by Crippen LogP contribution is 2.35. The Kier molecular flexibility index (Phi) is 6.14. The number of aromatic nitrogens is 2. The molecule has 0 bridgehead atoms. The SMILES string of the molecule is Cc1sc2nc(CN3CCOCC3)nc(NCc3ccc(F)cc3C(F)(F)F)c2c1C. The van der Waals surface area contributed by atoms with Crippen LogP contribution in [-0.2, 0) is 24.0 Å². The lowest BCUT2D eigenvalue weighted by molar-refractivity contribution is -0.138. The molecular formula is C21H22F4N4OS. The quantitative estimate of drug-likeness (QED) is 0.555. The van der Waals surface area contributed by atoms with Crippen LogP contribution in [0.4, 0.5) is 23.4 Å². The first-order valence-corrected chi connectivity index (χ1v) is 10.7. The Morgan fingerprint density at radius 3 is 2.61 bits per heavy atom. The van der Waals surface area contributed by atoms with Gasteiger partial charge < -0.3 is 10.1 Å². The molecule has 0 atom stereocenters. The molecule has 0 amide bonds. The molecule has 1 N–H and O–H groups in total. The first-order chi connectivity index (χ1) is 14.7. The van der Waals surface area contributed by atoms with Gasteiger partial charge in [0.15, 0.2) is 0 Å². The third-order valence-corrected chi connectivity index (χ3v) is 6.47. The van der Waals surface area contributed by atoms with Crippen molar-refractivity contribution in [1.29, 1.82) is 0 Å². The van der Waals surface area contributed by atoms with Gasteiger partial charge in [-0.3, -0.25) is 4.90 Å². The Morgan fingerprint density at radius 2 is 1.90 bits per heavy atom. The lowest BCUT2D eigenvalue weighted by atomic mass is 10.1. The number of morpholine rings is 1. The van der Waals surface area contributed by atoms with Crippen LogP contribution in [0, 0.1) is 19.7 Å². The van der Waals surface area contributed by atoms with E-state index in [2.05, 4.69) is 15.2 Å². The summed E-state index contributed by atoms with van der Waals surface area (Å²) in [4.78, 5) is 13.4. The highest BCUT2D eigenvalue weighted by Gasteiger charge is 2.33. The number of thiophene rings is 1. The number of nitrogens with one attached hydrogen (secondary N) is 1. The van der Waals surface area contributed by atoms with Gasteiger partial charge in [-0.2, -0.15) is 13.2 Å². The van der Waals surface area contributed by atoms with E-state index >= 15 is 0 Å². The Bertz CT molecular complexity index is 1090. The van der Waals surface area contributed by atoms with Crippen LogP contribution in [0.1, 0.15) is 27.4 Å². The number of hydrogen-bond acceptors (Lipinski definition) is 6. The van der Waals surface area contributed by atoms with Gasteiger partial charge in [0.25, 0.3) is 0 Å². The minimum Gasteiger partial charge on any atom is -0.379 e. The number of alkyl halides is 3. The Balaban J connectivity index is 1.66. The van der Waals surface area contributed by atoms with Crippen molar-refractivity contribution >= 4 is 27.4 Å². The number of hydrogen-bond donors (Lipinski definition) is 1. The Hall–Kier alpha value is -2.30. The van der Waals surface area contributed by atoms with Crippen LogP contribution in [0.15, 0.2) is 18.2 Å². The van der Waals surface area contributed by atoms with Crippen molar-refractivity contribution in [2.45, 2.75) is 33.1 Å². The highest BCUT2D eigenvalue weighted by molar-refractivity contribution is 7.18. The molecule has 0 saturated carbocycles. The minimum atomic E-state index is -4.64. The second-order valence-corrected chi connectivity index (χ2v) is 8.70. The van der Waals surface area contributed by atoms with E-state index in [0.29, 0.717) is 37.5 Å². The summed E-state index contributed by atoms with van der Waals surface area (Å²) < 4.78 is 58.9. The highest BCUT2D eigenvalue weighted by atomic mass is 32.1. The van der Waals surface area contributed by atoms with Crippen LogP contribution in [-0.4, -0.2) is 41.2 Å². The summed E-state index contributed by atoms with van der Waals surface area (Å²) >= 11 is 1.54. The lowest BCUT2D eigenvalue weighted by Crippen LogP contribution is -2.36. The molecule has 5 nitrogen and oxygen atoms in total. The largest absolute Gasteiger partial charge is 0.416 e. The van der Waals surface area contributed by atoms with Crippen LogP contribution in [0.25, 0.3) is 10.2 Å². The lowest BCUT2D eigenvalue weighted by Gasteiger charge is -2.25. The van der Waals surface area contributed by atoms with Crippen LogP contribution in [0.3, 0.4) is 0 Å². The number of nitrogens with zero attached hydrogens (tertiary/aromatic N) is 3. The van der Waals surface area contributed by atoms with Crippen molar-refractivity contribution in [3.63, 3.8) is 0 Å². The predicted octanol–water partition coefficient (Wildman–Crippen LogP) is 4.91. The fourth-order valence-electron chi connectivity index (χ4n) is 3.60. The van der Waals surface area contributed by atoms with Gasteiger partial charge >= 0.3 is 6.18 Å². The van der Waals surface area contributed by atoms with E-state index < -0.39 is 17.6 Å². The topological polar surface area (TPSA) is 50.3 Å². The zero-order valence-corrected chi connectivity index (χ0v) is 18.0. The van der Waals surface area contributed by atoms with Gasteiger partial charge in [0.2, 0.25) is 0 Å². The maximum Gasteiger partial charge on any atom is 0.416 e. The van der Waals surface area contributed by atoms with E-state index in [4.69, 9.17) is 9.72 Å². The molecule has 3 heterocycles. The van der Waals surface area contributed by atoms with E-state index in [0.717, 1.165) is 45.9 Å². The van der Waals surface area contributed by atoms with Gasteiger partial charge in [0.1, 0.15) is 22.3 Å². The number of rotatable bonds is 5. The third-order valence-electron chi connectivity index (χ3n) is 5.37. The van der Waals surface area contributed by atoms with Gasteiger partial charge in [-0.05, 0) is 37.1 Å². The molecule has 0 radical (unpaired) electrons. The summed E-state index contributed by atoms with van der Waals surface area (Å²) in [5.41, 5.74) is -0.0346. The molecule has 10 heteroatoms. The number of aryl methyl sites for hydroxylation is 2. The summed E-state index contributed by atoms with van der Waals surface area (Å²) in [5, 5.41) is 3.87. The molecule has 3 aromatic rings. The van der Waals surface area contributed by atoms with Crippen LogP contribution in [0.5, 0.6) is 0 Å². The summed E-state index contributed by atoms with van der Waals surface area (Å²) in [6, 6.07) is 2.71. The average molecular weight is 454 g/mol. The first kappa shape index (κ1) is 21.9. The number of ether oxygens (including phenoxy) is 1. The summed E-state index contributed by atoms with van der Waals surface area (Å²) in [6.07, 6.45) is -4.64. The van der Waals surface area contributed by atoms with E-state index in [-0.39, 0.29) is 12.1 Å². The van der Waals surface area contributed by atoms with E-state index in [9.17, 15) is 17.6 Å². The molecule has 4 rings (SSSR count). The normalized spacial score (nSPS) is 15.5. The van der Waals surface area contributed by atoms with Crippen molar-refractivity contribution in [3.8, 4) is 0 Å². The van der Waals surface area contributed by atoms with E-state index in [1.165, 1.54) is 11.3 Å². The van der Waals surface area contributed by atoms with Crippen molar-refractivity contribution in [2.75, 3.05) is 31.6 Å². The molecule has 1 aliphatic heterocycles. The zero-order chi connectivity index (χ0) is 22.2. The van der Waals surface area contributed by atoms with Crippen molar-refractivity contribution < 1.29 is 22.3 Å². The number of anilines is 1. The molecule has 1 saturated heterocycles. The van der Waals surface area contributed by atoms with Gasteiger partial charge in [0, 0.05) is 24.5 Å². The Labute approximate surface area is 181 Å². The fourth-order valence-corrected chi connectivity index (χ4v) is 4.65. The number of fused-ring (bicyclic) bond motifs is 1. The second-order valence-electron chi connectivity index (χ2n) is 7.49. The maximum absolute atomic E-state index is 13.4. The van der Waals surface area contributed by atoms with Gasteiger partial charge in [0.05, 0.1) is 30.7 Å². The Morgan fingerprint density at radius 1 is 1.16 bits per heavy atom.